The first-order valence-electron chi connectivity index (χ1n) is 7.64. The number of thiophene rings is 1. The van der Waals surface area contributed by atoms with Gasteiger partial charge in [0, 0.05) is 42.3 Å². The van der Waals surface area contributed by atoms with Gasteiger partial charge in [-0.3, -0.25) is 4.99 Å². The molecule has 0 aliphatic carbocycles. The second-order valence-electron chi connectivity index (χ2n) is 5.78. The average Bonchev–Trinajstić information content (AvgIpc) is 3.18. The Kier molecular flexibility index (Phi) is 8.60. The van der Waals surface area contributed by atoms with Crippen molar-refractivity contribution in [3.63, 3.8) is 0 Å². The Morgan fingerprint density at radius 2 is 2.22 bits per heavy atom. The Balaban J connectivity index is 0.00000264. The normalized spacial score (nSPS) is 11.9. The average molecular weight is 447 g/mol. The maximum Gasteiger partial charge on any atom is 0.191 e. The molecule has 128 valence electrons. The van der Waals surface area contributed by atoms with Gasteiger partial charge in [-0.15, -0.1) is 35.3 Å². The van der Waals surface area contributed by atoms with Crippen LogP contribution in [0.5, 0.6) is 0 Å². The predicted octanol–water partition coefficient (Wildman–Crippen LogP) is 3.10. The van der Waals surface area contributed by atoms with Crippen molar-refractivity contribution >= 4 is 41.3 Å². The van der Waals surface area contributed by atoms with E-state index in [9.17, 15) is 0 Å². The third kappa shape index (κ3) is 6.50. The van der Waals surface area contributed by atoms with Crippen molar-refractivity contribution in [2.75, 3.05) is 19.6 Å². The number of hydrogen-bond donors (Lipinski definition) is 2. The molecule has 0 fully saturated rings. The Bertz CT molecular complexity index is 563. The highest BCUT2D eigenvalue weighted by Gasteiger charge is 2.21. The topological polar surface area (TPSA) is 54.2 Å². The summed E-state index contributed by atoms with van der Waals surface area (Å²) in [6.45, 7) is 9.86. The molecule has 0 saturated carbocycles. The molecule has 0 bridgehead atoms. The van der Waals surface area contributed by atoms with Crippen molar-refractivity contribution in [3.8, 4) is 0 Å². The predicted molar refractivity (Wildman–Crippen MR) is 109 cm³/mol. The van der Waals surface area contributed by atoms with Gasteiger partial charge in [0.2, 0.25) is 0 Å². The van der Waals surface area contributed by atoms with E-state index in [1.807, 2.05) is 17.1 Å². The zero-order valence-corrected chi connectivity index (χ0v) is 17.1. The minimum absolute atomic E-state index is 0. The third-order valence-electron chi connectivity index (χ3n) is 3.39. The van der Waals surface area contributed by atoms with Gasteiger partial charge in [-0.05, 0) is 18.4 Å². The molecule has 2 aromatic rings. The molecule has 2 N–H and O–H groups in total. The van der Waals surface area contributed by atoms with Crippen LogP contribution >= 0.6 is 35.3 Å². The van der Waals surface area contributed by atoms with Crippen LogP contribution < -0.4 is 10.6 Å². The van der Waals surface area contributed by atoms with Crippen molar-refractivity contribution in [1.82, 2.24) is 20.2 Å². The van der Waals surface area contributed by atoms with Gasteiger partial charge in [-0.2, -0.15) is 0 Å². The fourth-order valence-electron chi connectivity index (χ4n) is 2.08. The minimum Gasteiger partial charge on any atom is -0.357 e. The Hall–Kier alpha value is -1.09. The smallest absolute Gasteiger partial charge is 0.191 e. The van der Waals surface area contributed by atoms with E-state index in [4.69, 9.17) is 4.99 Å². The van der Waals surface area contributed by atoms with Crippen LogP contribution in [-0.2, 0) is 12.0 Å². The lowest BCUT2D eigenvalue weighted by atomic mass is 9.92. The third-order valence-corrected chi connectivity index (χ3v) is 4.62. The zero-order valence-electron chi connectivity index (χ0n) is 14.0. The molecular weight excluding hydrogens is 421 g/mol. The zero-order chi connectivity index (χ0) is 15.8. The van der Waals surface area contributed by atoms with Crippen LogP contribution in [0.4, 0.5) is 0 Å². The summed E-state index contributed by atoms with van der Waals surface area (Å²) >= 11 is 1.79. The highest BCUT2D eigenvalue weighted by molar-refractivity contribution is 14.0. The minimum atomic E-state index is 0. The van der Waals surface area contributed by atoms with Gasteiger partial charge in [0.05, 0.1) is 12.9 Å². The molecule has 2 heterocycles. The fourth-order valence-corrected chi connectivity index (χ4v) is 2.93. The number of hydrogen-bond acceptors (Lipinski definition) is 3. The van der Waals surface area contributed by atoms with Crippen LogP contribution in [0.1, 0.15) is 25.6 Å². The van der Waals surface area contributed by atoms with Gasteiger partial charge >= 0.3 is 0 Å². The van der Waals surface area contributed by atoms with Crippen molar-refractivity contribution in [1.29, 1.82) is 0 Å². The molecule has 23 heavy (non-hydrogen) atoms. The molecule has 0 spiro atoms. The van der Waals surface area contributed by atoms with Gasteiger partial charge in [-0.25, -0.2) is 4.98 Å². The lowest BCUT2D eigenvalue weighted by Gasteiger charge is -2.21. The van der Waals surface area contributed by atoms with Gasteiger partial charge in [0.15, 0.2) is 5.96 Å². The highest BCUT2D eigenvalue weighted by atomic mass is 127. The molecule has 0 aliphatic rings. The lowest BCUT2D eigenvalue weighted by molar-refractivity contribution is 0.547. The number of nitrogens with zero attached hydrogens (tertiary/aromatic N) is 3. The Morgan fingerprint density at radius 1 is 1.39 bits per heavy atom. The number of aromatic nitrogens is 2. The largest absolute Gasteiger partial charge is 0.357 e. The van der Waals surface area contributed by atoms with Crippen LogP contribution in [0.15, 0.2) is 41.2 Å². The monoisotopic (exact) mass is 447 g/mol. The first-order chi connectivity index (χ1) is 10.6. The summed E-state index contributed by atoms with van der Waals surface area (Å²) in [5, 5.41) is 8.79. The van der Waals surface area contributed by atoms with Crippen LogP contribution in [0, 0.1) is 0 Å². The Labute approximate surface area is 159 Å². The van der Waals surface area contributed by atoms with E-state index in [0.717, 1.165) is 32.1 Å². The van der Waals surface area contributed by atoms with Crippen LogP contribution in [0.25, 0.3) is 0 Å². The summed E-state index contributed by atoms with van der Waals surface area (Å²) in [5.41, 5.74) is 0.0564. The number of halogens is 1. The molecule has 0 unspecified atom stereocenters. The van der Waals surface area contributed by atoms with Gasteiger partial charge in [-0.1, -0.05) is 19.9 Å². The number of aliphatic imine (C=N–C) groups is 1. The maximum atomic E-state index is 4.74. The van der Waals surface area contributed by atoms with Gasteiger partial charge < -0.3 is 15.2 Å². The van der Waals surface area contributed by atoms with E-state index in [-0.39, 0.29) is 29.4 Å². The quantitative estimate of drug-likeness (QED) is 0.390. The van der Waals surface area contributed by atoms with E-state index in [1.54, 1.807) is 17.5 Å². The molecule has 0 atom stereocenters. The molecule has 0 aromatic carbocycles. The first-order valence-corrected chi connectivity index (χ1v) is 8.51. The van der Waals surface area contributed by atoms with Gasteiger partial charge in [0.25, 0.3) is 0 Å². The molecule has 0 amide bonds. The number of rotatable bonds is 7. The summed E-state index contributed by atoms with van der Waals surface area (Å²) in [5.74, 6) is 0.868. The van der Waals surface area contributed by atoms with E-state index < -0.39 is 0 Å². The first kappa shape index (κ1) is 20.0. The van der Waals surface area contributed by atoms with Crippen LogP contribution in [0.3, 0.4) is 0 Å². The molecule has 2 rings (SSSR count). The van der Waals surface area contributed by atoms with Gasteiger partial charge in [0.1, 0.15) is 0 Å². The summed E-state index contributed by atoms with van der Waals surface area (Å²) in [6, 6.07) is 4.28. The standard InChI is InChI=1S/C16H25N5S.HI/c1-4-18-15(19-8-10-21-9-7-17-13-21)20-12-16(2,3)14-6-5-11-22-14;/h5-7,9,11,13H,4,8,10,12H2,1-3H3,(H2,18,19,20);1H. The SMILES string of the molecule is CCNC(=NCC(C)(C)c1cccs1)NCCn1ccnc1.I. The van der Waals surface area contributed by atoms with Crippen molar-refractivity contribution in [2.45, 2.75) is 32.7 Å². The lowest BCUT2D eigenvalue weighted by Crippen LogP contribution is -2.39. The Morgan fingerprint density at radius 3 is 2.83 bits per heavy atom. The molecule has 5 nitrogen and oxygen atoms in total. The molecule has 0 aliphatic heterocycles. The second-order valence-corrected chi connectivity index (χ2v) is 6.73. The summed E-state index contributed by atoms with van der Waals surface area (Å²) in [4.78, 5) is 10.1. The maximum absolute atomic E-state index is 4.74. The molecular formula is C16H26IN5S. The number of nitrogens with one attached hydrogen (secondary N) is 2. The second kappa shape index (κ2) is 9.92. The molecule has 2 aromatic heterocycles. The highest BCUT2D eigenvalue weighted by Crippen LogP contribution is 2.27. The molecule has 7 heteroatoms. The number of guanidine groups is 1. The van der Waals surface area contributed by atoms with Crippen LogP contribution in [0.2, 0.25) is 0 Å². The van der Waals surface area contributed by atoms with Crippen molar-refractivity contribution in [3.05, 3.63) is 41.1 Å². The summed E-state index contributed by atoms with van der Waals surface area (Å²) < 4.78 is 2.05. The van der Waals surface area contributed by atoms with Crippen molar-refractivity contribution in [2.24, 2.45) is 4.99 Å². The molecule has 0 radical (unpaired) electrons. The van der Waals surface area contributed by atoms with Crippen molar-refractivity contribution < 1.29 is 0 Å². The van der Waals surface area contributed by atoms with E-state index >= 15 is 0 Å². The fraction of sp³-hybridized carbons (Fsp3) is 0.500. The molecule has 0 saturated heterocycles. The summed E-state index contributed by atoms with van der Waals surface area (Å²) in [7, 11) is 0. The van der Waals surface area contributed by atoms with Crippen LogP contribution in [-0.4, -0.2) is 35.1 Å². The number of imidazole rings is 1. The summed E-state index contributed by atoms with van der Waals surface area (Å²) in [6.07, 6.45) is 5.58. The van der Waals surface area contributed by atoms with E-state index in [0.29, 0.717) is 0 Å². The van der Waals surface area contributed by atoms with E-state index in [1.165, 1.54) is 4.88 Å². The van der Waals surface area contributed by atoms with E-state index in [2.05, 4.69) is 53.9 Å².